The summed E-state index contributed by atoms with van der Waals surface area (Å²) >= 11 is 0. The molecule has 5 nitrogen and oxygen atoms in total. The van der Waals surface area contributed by atoms with Crippen LogP contribution in [0.25, 0.3) is 5.69 Å². The third kappa shape index (κ3) is 3.01. The van der Waals surface area contributed by atoms with E-state index in [9.17, 15) is 0 Å². The summed E-state index contributed by atoms with van der Waals surface area (Å²) in [4.78, 5) is 0. The summed E-state index contributed by atoms with van der Waals surface area (Å²) in [5, 5.41) is 7.58. The topological polar surface area (TPSA) is 65.1 Å². The van der Waals surface area contributed by atoms with Gasteiger partial charge in [0, 0.05) is 12.6 Å². The number of hydrogen-bond donors (Lipinski definition) is 2. The SMILES string of the molecule is COc1cccc(-n2cc(NCCCN)cn2)c1. The summed E-state index contributed by atoms with van der Waals surface area (Å²) in [6.07, 6.45) is 4.70. The molecule has 18 heavy (non-hydrogen) atoms. The van der Waals surface area contributed by atoms with Crippen molar-refractivity contribution in [3.8, 4) is 11.4 Å². The van der Waals surface area contributed by atoms with Crippen LogP contribution in [0.1, 0.15) is 6.42 Å². The van der Waals surface area contributed by atoms with Gasteiger partial charge >= 0.3 is 0 Å². The number of ether oxygens (including phenoxy) is 1. The molecule has 0 fully saturated rings. The quantitative estimate of drug-likeness (QED) is 0.760. The number of aromatic nitrogens is 2. The zero-order valence-corrected chi connectivity index (χ0v) is 10.5. The number of hydrogen-bond acceptors (Lipinski definition) is 4. The van der Waals surface area contributed by atoms with Gasteiger partial charge < -0.3 is 15.8 Å². The summed E-state index contributed by atoms with van der Waals surface area (Å²) in [7, 11) is 1.65. The Balaban J connectivity index is 2.08. The Morgan fingerprint density at radius 3 is 3.11 bits per heavy atom. The largest absolute Gasteiger partial charge is 0.497 e. The third-order valence-corrected chi connectivity index (χ3v) is 2.61. The molecule has 5 heteroatoms. The van der Waals surface area contributed by atoms with E-state index in [1.807, 2.05) is 35.1 Å². The molecule has 0 atom stereocenters. The number of rotatable bonds is 6. The van der Waals surface area contributed by atoms with Gasteiger partial charge in [0.15, 0.2) is 0 Å². The summed E-state index contributed by atoms with van der Waals surface area (Å²) in [5.41, 5.74) is 7.41. The molecule has 0 saturated carbocycles. The molecule has 2 aromatic rings. The Bertz CT molecular complexity index is 495. The Hall–Kier alpha value is -2.01. The fourth-order valence-corrected chi connectivity index (χ4v) is 1.64. The highest BCUT2D eigenvalue weighted by atomic mass is 16.5. The van der Waals surface area contributed by atoms with E-state index < -0.39 is 0 Å². The van der Waals surface area contributed by atoms with Gasteiger partial charge in [0.1, 0.15) is 5.75 Å². The Kier molecular flexibility index (Phi) is 4.20. The van der Waals surface area contributed by atoms with Gasteiger partial charge in [0.05, 0.1) is 30.9 Å². The summed E-state index contributed by atoms with van der Waals surface area (Å²) < 4.78 is 7.00. The lowest BCUT2D eigenvalue weighted by molar-refractivity contribution is 0.414. The number of benzene rings is 1. The van der Waals surface area contributed by atoms with Gasteiger partial charge in [-0.3, -0.25) is 0 Å². The van der Waals surface area contributed by atoms with Crippen LogP contribution in [-0.4, -0.2) is 30.0 Å². The van der Waals surface area contributed by atoms with E-state index in [0.29, 0.717) is 6.54 Å². The van der Waals surface area contributed by atoms with Gasteiger partial charge in [-0.05, 0) is 25.1 Å². The van der Waals surface area contributed by atoms with Gasteiger partial charge in [-0.2, -0.15) is 5.10 Å². The molecular formula is C13H18N4O. The molecule has 0 saturated heterocycles. The van der Waals surface area contributed by atoms with Crippen molar-refractivity contribution < 1.29 is 4.74 Å². The maximum absolute atomic E-state index is 5.45. The average Bonchev–Trinajstić information content (AvgIpc) is 2.88. The van der Waals surface area contributed by atoms with Crippen LogP contribution >= 0.6 is 0 Å². The molecule has 96 valence electrons. The number of anilines is 1. The second-order valence-corrected chi connectivity index (χ2v) is 3.94. The first-order chi connectivity index (χ1) is 8.83. The van der Waals surface area contributed by atoms with Gasteiger partial charge in [0.25, 0.3) is 0 Å². The van der Waals surface area contributed by atoms with Crippen LogP contribution in [0.4, 0.5) is 5.69 Å². The van der Waals surface area contributed by atoms with Crippen LogP contribution in [0.15, 0.2) is 36.7 Å². The lowest BCUT2D eigenvalue weighted by Crippen LogP contribution is -2.07. The second-order valence-electron chi connectivity index (χ2n) is 3.94. The molecule has 3 N–H and O–H groups in total. The molecule has 0 amide bonds. The highest BCUT2D eigenvalue weighted by Gasteiger charge is 2.01. The second kappa shape index (κ2) is 6.07. The van der Waals surface area contributed by atoms with Crippen LogP contribution < -0.4 is 15.8 Å². The van der Waals surface area contributed by atoms with Crippen LogP contribution in [0, 0.1) is 0 Å². The number of nitrogens with zero attached hydrogens (tertiary/aromatic N) is 2. The monoisotopic (exact) mass is 246 g/mol. The third-order valence-electron chi connectivity index (χ3n) is 2.61. The number of nitrogens with one attached hydrogen (secondary N) is 1. The van der Waals surface area contributed by atoms with E-state index in [2.05, 4.69) is 10.4 Å². The van der Waals surface area contributed by atoms with Crippen molar-refractivity contribution in [2.24, 2.45) is 5.73 Å². The summed E-state index contributed by atoms with van der Waals surface area (Å²) in [6, 6.07) is 7.78. The molecular weight excluding hydrogens is 228 g/mol. The van der Waals surface area contributed by atoms with Crippen molar-refractivity contribution in [2.75, 3.05) is 25.5 Å². The van der Waals surface area contributed by atoms with Gasteiger partial charge in [-0.15, -0.1) is 0 Å². The fraction of sp³-hybridized carbons (Fsp3) is 0.308. The molecule has 0 unspecified atom stereocenters. The molecule has 0 aliphatic carbocycles. The van der Waals surface area contributed by atoms with E-state index in [-0.39, 0.29) is 0 Å². The minimum atomic E-state index is 0.691. The van der Waals surface area contributed by atoms with Crippen LogP contribution in [-0.2, 0) is 0 Å². The van der Waals surface area contributed by atoms with E-state index in [1.165, 1.54) is 0 Å². The molecule has 1 aromatic heterocycles. The molecule has 0 aliphatic rings. The fourth-order valence-electron chi connectivity index (χ4n) is 1.64. The average molecular weight is 246 g/mol. The molecule has 0 bridgehead atoms. The van der Waals surface area contributed by atoms with E-state index >= 15 is 0 Å². The number of nitrogens with two attached hydrogens (primary N) is 1. The highest BCUT2D eigenvalue weighted by Crippen LogP contribution is 2.17. The Labute approximate surface area is 107 Å². The van der Waals surface area contributed by atoms with Crippen LogP contribution in [0.2, 0.25) is 0 Å². The normalized spacial score (nSPS) is 10.3. The predicted octanol–water partition coefficient (Wildman–Crippen LogP) is 1.64. The first kappa shape index (κ1) is 12.4. The van der Waals surface area contributed by atoms with Crippen LogP contribution in [0.5, 0.6) is 5.75 Å². The smallest absolute Gasteiger partial charge is 0.121 e. The van der Waals surface area contributed by atoms with E-state index in [4.69, 9.17) is 10.5 Å². The van der Waals surface area contributed by atoms with Gasteiger partial charge in [0.2, 0.25) is 0 Å². The molecule has 0 aliphatic heterocycles. The highest BCUT2D eigenvalue weighted by molar-refractivity contribution is 5.44. The van der Waals surface area contributed by atoms with Crippen molar-refractivity contribution >= 4 is 5.69 Å². The maximum Gasteiger partial charge on any atom is 0.121 e. The molecule has 0 spiro atoms. The summed E-state index contributed by atoms with van der Waals surface area (Å²) in [5.74, 6) is 0.820. The van der Waals surface area contributed by atoms with Crippen molar-refractivity contribution in [3.63, 3.8) is 0 Å². The van der Waals surface area contributed by atoms with Crippen molar-refractivity contribution in [1.82, 2.24) is 9.78 Å². The zero-order valence-electron chi connectivity index (χ0n) is 10.5. The lowest BCUT2D eigenvalue weighted by atomic mass is 10.3. The maximum atomic E-state index is 5.45. The molecule has 1 heterocycles. The number of methoxy groups -OCH3 is 1. The molecule has 1 aromatic carbocycles. The van der Waals surface area contributed by atoms with Crippen molar-refractivity contribution in [3.05, 3.63) is 36.7 Å². The van der Waals surface area contributed by atoms with E-state index in [1.54, 1.807) is 13.3 Å². The first-order valence-corrected chi connectivity index (χ1v) is 5.96. The molecule has 0 radical (unpaired) electrons. The predicted molar refractivity (Wildman–Crippen MR) is 72.3 cm³/mol. The van der Waals surface area contributed by atoms with Crippen molar-refractivity contribution in [1.29, 1.82) is 0 Å². The van der Waals surface area contributed by atoms with Gasteiger partial charge in [-0.25, -0.2) is 4.68 Å². The van der Waals surface area contributed by atoms with Crippen LogP contribution in [0.3, 0.4) is 0 Å². The first-order valence-electron chi connectivity index (χ1n) is 5.96. The standard InChI is InChI=1S/C13H18N4O/c1-18-13-5-2-4-12(8-13)17-10-11(9-16-17)15-7-3-6-14/h2,4-5,8-10,15H,3,6-7,14H2,1H3. The lowest BCUT2D eigenvalue weighted by Gasteiger charge is -2.04. The van der Waals surface area contributed by atoms with Crippen molar-refractivity contribution in [2.45, 2.75) is 6.42 Å². The minimum absolute atomic E-state index is 0.691. The Morgan fingerprint density at radius 2 is 2.33 bits per heavy atom. The molecule has 2 rings (SSSR count). The van der Waals surface area contributed by atoms with E-state index in [0.717, 1.165) is 30.1 Å². The zero-order chi connectivity index (χ0) is 12.8. The minimum Gasteiger partial charge on any atom is -0.497 e. The summed E-state index contributed by atoms with van der Waals surface area (Å²) in [6.45, 7) is 1.55. The Morgan fingerprint density at radius 1 is 1.44 bits per heavy atom. The van der Waals surface area contributed by atoms with Gasteiger partial charge in [-0.1, -0.05) is 6.07 Å².